The van der Waals surface area contributed by atoms with E-state index in [1.165, 1.54) is 0 Å². The summed E-state index contributed by atoms with van der Waals surface area (Å²) in [7, 11) is 3.39. The molecule has 0 aliphatic heterocycles. The van der Waals surface area contributed by atoms with E-state index in [1.54, 1.807) is 0 Å². The summed E-state index contributed by atoms with van der Waals surface area (Å²) in [5, 5.41) is 0. The molecule has 0 aliphatic carbocycles. The zero-order chi connectivity index (χ0) is 7.65. The lowest BCUT2D eigenvalue weighted by Gasteiger charge is -2.25. The molecule has 54 valence electrons. The van der Waals surface area contributed by atoms with Crippen LogP contribution in [0.15, 0.2) is 0 Å². The van der Waals surface area contributed by atoms with Gasteiger partial charge in [0.15, 0.2) is 0 Å². The highest BCUT2D eigenvalue weighted by atomic mass is 127. The first kappa shape index (κ1) is 9.97. The van der Waals surface area contributed by atoms with E-state index in [0.717, 1.165) is 4.30 Å². The van der Waals surface area contributed by atoms with Crippen LogP contribution in [0.1, 0.15) is 0 Å². The van der Waals surface area contributed by atoms with Crippen molar-refractivity contribution >= 4 is 34.6 Å². The molecule has 0 N–H and O–H groups in total. The van der Waals surface area contributed by atoms with Gasteiger partial charge in [-0.15, -0.1) is 22.4 Å². The summed E-state index contributed by atoms with van der Waals surface area (Å²) in [6, 6.07) is 0. The van der Waals surface area contributed by atoms with Crippen molar-refractivity contribution in [3.05, 3.63) is 0 Å². The normalized spacial score (nSPS) is 12.3. The third-order valence-corrected chi connectivity index (χ3v) is 9.83. The highest BCUT2D eigenvalue weighted by molar-refractivity contribution is 14.1. The van der Waals surface area contributed by atoms with Crippen molar-refractivity contribution in [3.8, 4) is 0 Å². The van der Waals surface area contributed by atoms with Gasteiger partial charge in [0.25, 0.3) is 4.30 Å². The topological polar surface area (TPSA) is 3.24 Å². The molecule has 0 fully saturated rings. The van der Waals surface area contributed by atoms with Crippen LogP contribution < -0.4 is 0 Å². The van der Waals surface area contributed by atoms with Gasteiger partial charge in [0.05, 0.1) is 7.94 Å². The van der Waals surface area contributed by atoms with E-state index in [4.69, 9.17) is 0 Å². The highest BCUT2D eigenvalue weighted by Gasteiger charge is 2.30. The van der Waals surface area contributed by atoms with Gasteiger partial charge in [-0.25, -0.2) is 0 Å². The molecule has 0 rings (SSSR count). The van der Waals surface area contributed by atoms with Crippen molar-refractivity contribution in [2.24, 2.45) is 0 Å². The van der Waals surface area contributed by atoms with Gasteiger partial charge in [-0.1, -0.05) is 19.6 Å². The largest absolute Gasteiger partial charge is 0.341 e. The van der Waals surface area contributed by atoms with Crippen LogP contribution in [0.4, 0.5) is 0 Å². The van der Waals surface area contributed by atoms with E-state index in [1.807, 2.05) is 0 Å². The summed E-state index contributed by atoms with van der Waals surface area (Å²) in [6.07, 6.45) is 0. The Balaban J connectivity index is 3.88. The molecule has 0 heterocycles. The van der Waals surface area contributed by atoms with Crippen molar-refractivity contribution in [2.45, 2.75) is 19.6 Å². The number of rotatable bonds is 2. The second-order valence-electron chi connectivity index (χ2n) is 3.67. The van der Waals surface area contributed by atoms with Gasteiger partial charge in [-0.3, -0.25) is 0 Å². The Bertz CT molecular complexity index is 91.4. The molecule has 0 bridgehead atoms. The molecule has 0 amide bonds. The van der Waals surface area contributed by atoms with Crippen molar-refractivity contribution < 1.29 is 0 Å². The molecular weight excluding hydrogens is 240 g/mol. The lowest BCUT2D eigenvalue weighted by Crippen LogP contribution is -2.48. The molecule has 0 atom stereocenters. The zero-order valence-corrected chi connectivity index (χ0v) is 10.1. The molecule has 0 spiro atoms. The van der Waals surface area contributed by atoms with Crippen LogP contribution in [-0.4, -0.2) is 31.1 Å². The summed E-state index contributed by atoms with van der Waals surface area (Å²) in [6.45, 7) is 7.18. The Morgan fingerprint density at radius 3 is 1.56 bits per heavy atom. The van der Waals surface area contributed by atoms with E-state index < -0.39 is 7.94 Å². The van der Waals surface area contributed by atoms with Gasteiger partial charge in [-0.05, 0) is 14.1 Å². The molecule has 0 unspecified atom stereocenters. The van der Waals surface area contributed by atoms with Crippen molar-refractivity contribution in [2.75, 3.05) is 14.1 Å². The predicted octanol–water partition coefficient (Wildman–Crippen LogP) is 1.89. The maximum atomic E-state index is 2.53. The van der Waals surface area contributed by atoms with Crippen LogP contribution in [0.5, 0.6) is 0 Å². The van der Waals surface area contributed by atoms with Crippen LogP contribution in [0, 0.1) is 0 Å². The molecule has 9 heavy (non-hydrogen) atoms. The summed E-state index contributed by atoms with van der Waals surface area (Å²) in [5.74, 6) is 0. The maximum absolute atomic E-state index is 2.53. The van der Waals surface area contributed by atoms with Crippen LogP contribution in [0.3, 0.4) is 0 Å². The lowest BCUT2D eigenvalue weighted by molar-refractivity contribution is 0.669. The first-order chi connectivity index (χ1) is 3.85. The van der Waals surface area contributed by atoms with Gasteiger partial charge >= 0.3 is 0 Å². The molecule has 0 aliphatic rings. The molecule has 0 aromatic heterocycles. The quantitative estimate of drug-likeness (QED) is 0.538. The first-order valence-electron chi connectivity index (χ1n) is 3.16. The standard InChI is InChI=1S/C5H15BINSi/c1-8(2)6(7)9(3,4)5/h1-5H3. The average Bonchev–Trinajstić information content (AvgIpc) is 1.62. The van der Waals surface area contributed by atoms with Gasteiger partial charge < -0.3 is 4.81 Å². The van der Waals surface area contributed by atoms with Crippen molar-refractivity contribution in [1.29, 1.82) is 0 Å². The molecule has 0 aromatic rings. The van der Waals surface area contributed by atoms with Crippen LogP contribution in [0.25, 0.3) is 0 Å². The summed E-state index contributed by atoms with van der Waals surface area (Å²) < 4.78 is 0.759. The van der Waals surface area contributed by atoms with Gasteiger partial charge in [-0.2, -0.15) is 0 Å². The SMILES string of the molecule is CN(C)B(I)[Si](C)(C)C. The van der Waals surface area contributed by atoms with Gasteiger partial charge in [0.1, 0.15) is 0 Å². The second-order valence-corrected chi connectivity index (χ2v) is 11.3. The fraction of sp³-hybridized carbons (Fsp3) is 1.00. The molecular formula is C5H15BINSi. The predicted molar refractivity (Wildman–Crippen MR) is 56.8 cm³/mol. The van der Waals surface area contributed by atoms with Crippen LogP contribution in [0.2, 0.25) is 19.6 Å². The molecule has 0 saturated carbocycles. The van der Waals surface area contributed by atoms with E-state index in [-0.39, 0.29) is 0 Å². The Hall–Kier alpha value is 0.972. The Morgan fingerprint density at radius 1 is 1.22 bits per heavy atom. The van der Waals surface area contributed by atoms with E-state index in [9.17, 15) is 0 Å². The van der Waals surface area contributed by atoms with Gasteiger partial charge in [0.2, 0.25) is 0 Å². The minimum absolute atomic E-state index is 0.759. The van der Waals surface area contributed by atoms with Crippen LogP contribution in [-0.2, 0) is 0 Å². The second kappa shape index (κ2) is 3.39. The summed E-state index contributed by atoms with van der Waals surface area (Å²) in [5.41, 5.74) is 0. The smallest absolute Gasteiger partial charge is 0.283 e. The monoisotopic (exact) mass is 255 g/mol. The summed E-state index contributed by atoms with van der Waals surface area (Å²) >= 11 is 2.53. The maximum Gasteiger partial charge on any atom is 0.283 e. The fourth-order valence-corrected chi connectivity index (χ4v) is 2.32. The molecule has 4 heteroatoms. The highest BCUT2D eigenvalue weighted by Crippen LogP contribution is 2.13. The van der Waals surface area contributed by atoms with E-state index >= 15 is 0 Å². The molecule has 0 aromatic carbocycles. The Kier molecular flexibility index (Phi) is 3.75. The van der Waals surface area contributed by atoms with Gasteiger partial charge in [0, 0.05) is 0 Å². The van der Waals surface area contributed by atoms with Crippen molar-refractivity contribution in [1.82, 2.24) is 4.81 Å². The summed E-state index contributed by atoms with van der Waals surface area (Å²) in [4.78, 5) is 2.30. The molecule has 0 radical (unpaired) electrons. The first-order valence-corrected chi connectivity index (χ1v) is 7.98. The minimum Gasteiger partial charge on any atom is -0.341 e. The lowest BCUT2D eigenvalue weighted by atomic mass is 10.3. The number of halogens is 1. The third kappa shape index (κ3) is 3.62. The number of nitrogens with zero attached hydrogens (tertiary/aromatic N) is 1. The Morgan fingerprint density at radius 2 is 1.56 bits per heavy atom. The third-order valence-electron chi connectivity index (χ3n) is 1.17. The molecule has 0 saturated heterocycles. The average molecular weight is 255 g/mol. The minimum atomic E-state index is -0.911. The van der Waals surface area contributed by atoms with Crippen molar-refractivity contribution in [3.63, 3.8) is 0 Å². The number of hydrogen-bond donors (Lipinski definition) is 0. The van der Waals surface area contributed by atoms with E-state index in [0.29, 0.717) is 0 Å². The number of hydrogen-bond acceptors (Lipinski definition) is 1. The zero-order valence-electron chi connectivity index (χ0n) is 6.90. The fourth-order valence-electron chi connectivity index (χ4n) is 0.775. The molecule has 1 nitrogen and oxygen atoms in total. The Labute approximate surface area is 73.1 Å². The van der Waals surface area contributed by atoms with E-state index in [2.05, 4.69) is 60.9 Å². The van der Waals surface area contributed by atoms with Crippen LogP contribution >= 0.6 is 22.4 Å².